The smallest absolute Gasteiger partial charge is 0.0197 e. The molecule has 0 saturated carbocycles. The Bertz CT molecular complexity index is 206. The fraction of sp³-hybridized carbons (Fsp3) is 1.00. The van der Waals surface area contributed by atoms with E-state index >= 15 is 0 Å². The minimum atomic E-state index is 0.646. The predicted molar refractivity (Wildman–Crippen MR) is 80.0 cm³/mol. The summed E-state index contributed by atoms with van der Waals surface area (Å²) in [7, 11) is 6.59. The summed E-state index contributed by atoms with van der Waals surface area (Å²) in [5.41, 5.74) is 0. The van der Waals surface area contributed by atoms with Crippen LogP contribution in [0.5, 0.6) is 0 Å². The Morgan fingerprint density at radius 2 is 2.06 bits per heavy atom. The van der Waals surface area contributed by atoms with Crippen LogP contribution < -0.4 is 5.32 Å². The highest BCUT2D eigenvalue weighted by Crippen LogP contribution is 2.15. The van der Waals surface area contributed by atoms with Crippen LogP contribution in [0.15, 0.2) is 0 Å². The van der Waals surface area contributed by atoms with E-state index in [0.717, 1.165) is 18.4 Å². The van der Waals surface area contributed by atoms with Gasteiger partial charge in [0.2, 0.25) is 0 Å². The van der Waals surface area contributed by atoms with Gasteiger partial charge in [0.05, 0.1) is 0 Å². The topological polar surface area (TPSA) is 18.5 Å². The van der Waals surface area contributed by atoms with E-state index in [1.54, 1.807) is 0 Å². The van der Waals surface area contributed by atoms with Gasteiger partial charge in [-0.2, -0.15) is 0 Å². The lowest BCUT2D eigenvalue weighted by molar-refractivity contribution is 0.196. The number of nitrogens with zero attached hydrogens (tertiary/aromatic N) is 2. The standard InChI is InChI=1S/C15H33N3/c1-13(2)9-15(12-17(3)4)16-10-14-7-6-8-18(5)11-14/h13-16H,6-12H2,1-5H3. The van der Waals surface area contributed by atoms with E-state index in [4.69, 9.17) is 0 Å². The molecule has 18 heavy (non-hydrogen) atoms. The van der Waals surface area contributed by atoms with E-state index in [1.165, 1.54) is 38.9 Å². The van der Waals surface area contributed by atoms with Crippen LogP contribution in [0, 0.1) is 11.8 Å². The molecule has 1 heterocycles. The lowest BCUT2D eigenvalue weighted by Gasteiger charge is -2.32. The van der Waals surface area contributed by atoms with E-state index in [9.17, 15) is 0 Å². The maximum atomic E-state index is 3.80. The van der Waals surface area contributed by atoms with Gasteiger partial charge in [-0.15, -0.1) is 0 Å². The van der Waals surface area contributed by atoms with Gasteiger partial charge in [-0.3, -0.25) is 0 Å². The Balaban J connectivity index is 2.30. The Kier molecular flexibility index (Phi) is 7.20. The van der Waals surface area contributed by atoms with Gasteiger partial charge in [0.1, 0.15) is 0 Å². The normalized spacial score (nSPS) is 23.8. The predicted octanol–water partition coefficient (Wildman–Crippen LogP) is 1.89. The summed E-state index contributed by atoms with van der Waals surface area (Å²) >= 11 is 0. The molecule has 0 aromatic rings. The molecule has 1 rings (SSSR count). The maximum absolute atomic E-state index is 3.80. The summed E-state index contributed by atoms with van der Waals surface area (Å²) in [6, 6.07) is 0.646. The van der Waals surface area contributed by atoms with Crippen LogP contribution in [0.2, 0.25) is 0 Å². The molecule has 0 amide bonds. The van der Waals surface area contributed by atoms with E-state index in [0.29, 0.717) is 6.04 Å². The lowest BCUT2D eigenvalue weighted by atomic mass is 9.97. The third-order valence-corrected chi connectivity index (χ3v) is 3.76. The average molecular weight is 255 g/mol. The van der Waals surface area contributed by atoms with Crippen molar-refractivity contribution in [2.45, 2.75) is 39.2 Å². The molecule has 3 nitrogen and oxygen atoms in total. The molecule has 0 bridgehead atoms. The summed E-state index contributed by atoms with van der Waals surface area (Å²) in [6.07, 6.45) is 4.04. The van der Waals surface area contributed by atoms with E-state index in [2.05, 4.69) is 50.1 Å². The first-order valence-electron chi connectivity index (χ1n) is 7.54. The molecule has 1 fully saturated rings. The Morgan fingerprint density at radius 1 is 1.33 bits per heavy atom. The zero-order chi connectivity index (χ0) is 13.5. The molecule has 1 saturated heterocycles. The number of likely N-dealkylation sites (N-methyl/N-ethyl adjacent to an activating group) is 1. The molecule has 0 radical (unpaired) electrons. The molecule has 2 atom stereocenters. The van der Waals surface area contributed by atoms with Gasteiger partial charge in [0.25, 0.3) is 0 Å². The van der Waals surface area contributed by atoms with Gasteiger partial charge in [-0.25, -0.2) is 0 Å². The third-order valence-electron chi connectivity index (χ3n) is 3.76. The molecule has 0 aliphatic carbocycles. The first-order valence-corrected chi connectivity index (χ1v) is 7.54. The zero-order valence-corrected chi connectivity index (χ0v) is 13.1. The molecule has 2 unspecified atom stereocenters. The van der Waals surface area contributed by atoms with Gasteiger partial charge >= 0.3 is 0 Å². The van der Waals surface area contributed by atoms with E-state index in [-0.39, 0.29) is 0 Å². The van der Waals surface area contributed by atoms with Crippen LogP contribution >= 0.6 is 0 Å². The van der Waals surface area contributed by atoms with Crippen molar-refractivity contribution in [1.82, 2.24) is 15.1 Å². The largest absolute Gasteiger partial charge is 0.312 e. The van der Waals surface area contributed by atoms with Crippen LogP contribution in [-0.2, 0) is 0 Å². The lowest BCUT2D eigenvalue weighted by Crippen LogP contribution is -2.44. The number of hydrogen-bond donors (Lipinski definition) is 1. The van der Waals surface area contributed by atoms with Gasteiger partial charge in [-0.05, 0) is 65.3 Å². The molecular weight excluding hydrogens is 222 g/mol. The minimum Gasteiger partial charge on any atom is -0.312 e. The number of piperidine rings is 1. The van der Waals surface area contributed by atoms with Gasteiger partial charge in [0, 0.05) is 19.1 Å². The molecule has 108 valence electrons. The first-order chi connectivity index (χ1) is 8.47. The molecular formula is C15H33N3. The SMILES string of the molecule is CC(C)CC(CN(C)C)NCC1CCCN(C)C1. The van der Waals surface area contributed by atoms with Crippen molar-refractivity contribution in [3.63, 3.8) is 0 Å². The molecule has 0 aromatic carbocycles. The van der Waals surface area contributed by atoms with Gasteiger partial charge in [-0.1, -0.05) is 13.8 Å². The summed E-state index contributed by atoms with van der Waals surface area (Å²) in [5, 5.41) is 3.80. The minimum absolute atomic E-state index is 0.646. The Morgan fingerprint density at radius 3 is 2.61 bits per heavy atom. The fourth-order valence-corrected chi connectivity index (χ4v) is 3.01. The number of rotatable bonds is 7. The second-order valence-electron chi connectivity index (χ2n) is 6.77. The van der Waals surface area contributed by atoms with Crippen LogP contribution in [0.1, 0.15) is 33.1 Å². The van der Waals surface area contributed by atoms with Crippen LogP contribution in [0.4, 0.5) is 0 Å². The van der Waals surface area contributed by atoms with Crippen LogP contribution in [-0.4, -0.2) is 63.2 Å². The van der Waals surface area contributed by atoms with Crippen molar-refractivity contribution in [2.24, 2.45) is 11.8 Å². The molecule has 1 aliphatic heterocycles. The van der Waals surface area contributed by atoms with Crippen molar-refractivity contribution in [1.29, 1.82) is 0 Å². The summed E-state index contributed by atoms with van der Waals surface area (Å²) < 4.78 is 0. The van der Waals surface area contributed by atoms with Crippen molar-refractivity contribution in [3.8, 4) is 0 Å². The molecule has 0 spiro atoms. The quantitative estimate of drug-likeness (QED) is 0.749. The summed E-state index contributed by atoms with van der Waals surface area (Å²) in [6.45, 7) is 9.53. The highest BCUT2D eigenvalue weighted by molar-refractivity contribution is 4.77. The van der Waals surface area contributed by atoms with Gasteiger partial charge in [0.15, 0.2) is 0 Å². The monoisotopic (exact) mass is 255 g/mol. The molecule has 1 aliphatic rings. The summed E-state index contributed by atoms with van der Waals surface area (Å²) in [5.74, 6) is 1.62. The van der Waals surface area contributed by atoms with Crippen molar-refractivity contribution in [2.75, 3.05) is 47.3 Å². The number of hydrogen-bond acceptors (Lipinski definition) is 3. The average Bonchev–Trinajstić information content (AvgIpc) is 2.24. The second-order valence-corrected chi connectivity index (χ2v) is 6.77. The fourth-order valence-electron chi connectivity index (χ4n) is 3.01. The highest BCUT2D eigenvalue weighted by atomic mass is 15.1. The first kappa shape index (κ1) is 15.9. The summed E-state index contributed by atoms with van der Waals surface area (Å²) in [4.78, 5) is 4.77. The van der Waals surface area contributed by atoms with Crippen molar-refractivity contribution < 1.29 is 0 Å². The van der Waals surface area contributed by atoms with E-state index < -0.39 is 0 Å². The molecule has 1 N–H and O–H groups in total. The van der Waals surface area contributed by atoms with Crippen molar-refractivity contribution >= 4 is 0 Å². The number of likely N-dealkylation sites (tertiary alicyclic amines) is 1. The van der Waals surface area contributed by atoms with E-state index in [1.807, 2.05) is 0 Å². The zero-order valence-electron chi connectivity index (χ0n) is 13.1. The Hall–Kier alpha value is -0.120. The second kappa shape index (κ2) is 8.13. The van der Waals surface area contributed by atoms with Crippen molar-refractivity contribution in [3.05, 3.63) is 0 Å². The van der Waals surface area contributed by atoms with Crippen LogP contribution in [0.25, 0.3) is 0 Å². The van der Waals surface area contributed by atoms with Gasteiger partial charge < -0.3 is 15.1 Å². The third kappa shape index (κ3) is 6.72. The maximum Gasteiger partial charge on any atom is 0.0197 e. The molecule has 0 aromatic heterocycles. The highest BCUT2D eigenvalue weighted by Gasteiger charge is 2.19. The number of nitrogens with one attached hydrogen (secondary N) is 1. The molecule has 3 heteroatoms. The Labute approximate surface area is 114 Å². The van der Waals surface area contributed by atoms with Crippen LogP contribution in [0.3, 0.4) is 0 Å².